The summed E-state index contributed by atoms with van der Waals surface area (Å²) >= 11 is 0. The molecule has 0 unspecified atom stereocenters. The van der Waals surface area contributed by atoms with Crippen molar-refractivity contribution < 1.29 is 0 Å². The average molecular weight is 285 g/mol. The Hall–Kier alpha value is -2.14. The SMILES string of the molecule is CCc1nc(NN)c(C)c(Nc2ccc(C(C)C)cc2)n1. The minimum absolute atomic E-state index is 0.527. The van der Waals surface area contributed by atoms with Crippen molar-refractivity contribution in [2.24, 2.45) is 5.84 Å². The van der Waals surface area contributed by atoms with Gasteiger partial charge in [0.2, 0.25) is 0 Å². The Morgan fingerprint density at radius 2 is 1.71 bits per heavy atom. The smallest absolute Gasteiger partial charge is 0.148 e. The molecule has 5 nitrogen and oxygen atoms in total. The summed E-state index contributed by atoms with van der Waals surface area (Å²) in [6.07, 6.45) is 0.760. The summed E-state index contributed by atoms with van der Waals surface area (Å²) in [5.74, 6) is 8.25. The quantitative estimate of drug-likeness (QED) is 0.579. The van der Waals surface area contributed by atoms with Gasteiger partial charge < -0.3 is 10.7 Å². The number of hydrogen-bond donors (Lipinski definition) is 3. The van der Waals surface area contributed by atoms with Crippen molar-refractivity contribution in [2.75, 3.05) is 10.7 Å². The van der Waals surface area contributed by atoms with E-state index in [2.05, 4.69) is 58.8 Å². The van der Waals surface area contributed by atoms with Gasteiger partial charge in [-0.25, -0.2) is 15.8 Å². The zero-order valence-corrected chi connectivity index (χ0v) is 13.1. The van der Waals surface area contributed by atoms with Gasteiger partial charge >= 0.3 is 0 Å². The van der Waals surface area contributed by atoms with Crippen molar-refractivity contribution in [3.8, 4) is 0 Å². The second kappa shape index (κ2) is 6.54. The Kier molecular flexibility index (Phi) is 4.75. The monoisotopic (exact) mass is 285 g/mol. The molecule has 1 heterocycles. The van der Waals surface area contributed by atoms with Crippen LogP contribution in [0.4, 0.5) is 17.3 Å². The van der Waals surface area contributed by atoms with Crippen LogP contribution in [0.5, 0.6) is 0 Å². The molecule has 112 valence electrons. The van der Waals surface area contributed by atoms with Crippen molar-refractivity contribution in [1.29, 1.82) is 0 Å². The van der Waals surface area contributed by atoms with E-state index in [9.17, 15) is 0 Å². The van der Waals surface area contributed by atoms with E-state index >= 15 is 0 Å². The molecule has 21 heavy (non-hydrogen) atoms. The maximum absolute atomic E-state index is 5.52. The average Bonchev–Trinajstić information content (AvgIpc) is 2.49. The van der Waals surface area contributed by atoms with Crippen LogP contribution in [0, 0.1) is 6.92 Å². The van der Waals surface area contributed by atoms with Crippen LogP contribution in [-0.2, 0) is 6.42 Å². The highest BCUT2D eigenvalue weighted by molar-refractivity contribution is 5.64. The fraction of sp³-hybridized carbons (Fsp3) is 0.375. The number of anilines is 3. The van der Waals surface area contributed by atoms with Crippen LogP contribution >= 0.6 is 0 Å². The number of nitrogens with two attached hydrogens (primary N) is 1. The lowest BCUT2D eigenvalue weighted by Gasteiger charge is -2.14. The summed E-state index contributed by atoms with van der Waals surface area (Å²) in [6, 6.07) is 8.40. The number of nitrogen functional groups attached to an aromatic ring is 1. The fourth-order valence-electron chi connectivity index (χ4n) is 2.07. The Balaban J connectivity index is 2.30. The number of rotatable bonds is 5. The topological polar surface area (TPSA) is 75.9 Å². The third-order valence-electron chi connectivity index (χ3n) is 3.49. The fourth-order valence-corrected chi connectivity index (χ4v) is 2.07. The van der Waals surface area contributed by atoms with Crippen LogP contribution in [0.2, 0.25) is 0 Å². The molecule has 0 aliphatic heterocycles. The van der Waals surface area contributed by atoms with Gasteiger partial charge in [-0.05, 0) is 30.5 Å². The van der Waals surface area contributed by atoms with Crippen LogP contribution in [0.25, 0.3) is 0 Å². The van der Waals surface area contributed by atoms with Crippen LogP contribution in [0.1, 0.15) is 43.6 Å². The van der Waals surface area contributed by atoms with Gasteiger partial charge in [-0.15, -0.1) is 0 Å². The number of hydrazine groups is 1. The maximum Gasteiger partial charge on any atom is 0.148 e. The number of aromatic nitrogens is 2. The molecule has 1 aromatic heterocycles. The molecule has 0 radical (unpaired) electrons. The second-order valence-electron chi connectivity index (χ2n) is 5.36. The van der Waals surface area contributed by atoms with E-state index in [1.165, 1.54) is 5.56 Å². The van der Waals surface area contributed by atoms with Crippen LogP contribution < -0.4 is 16.6 Å². The van der Waals surface area contributed by atoms with E-state index in [1.54, 1.807) is 0 Å². The van der Waals surface area contributed by atoms with Gasteiger partial charge in [0.1, 0.15) is 17.5 Å². The molecule has 5 heteroatoms. The van der Waals surface area contributed by atoms with E-state index in [1.807, 2.05) is 13.8 Å². The Morgan fingerprint density at radius 1 is 1.10 bits per heavy atom. The summed E-state index contributed by atoms with van der Waals surface area (Å²) in [7, 11) is 0. The van der Waals surface area contributed by atoms with Crippen LogP contribution in [-0.4, -0.2) is 9.97 Å². The minimum Gasteiger partial charge on any atom is -0.340 e. The minimum atomic E-state index is 0.527. The number of hydrogen-bond acceptors (Lipinski definition) is 5. The van der Waals surface area contributed by atoms with Gasteiger partial charge in [0.05, 0.1) is 0 Å². The highest BCUT2D eigenvalue weighted by atomic mass is 15.3. The van der Waals surface area contributed by atoms with Gasteiger partial charge in [-0.1, -0.05) is 32.9 Å². The molecule has 0 amide bonds. The molecule has 0 saturated heterocycles. The van der Waals surface area contributed by atoms with Crippen molar-refractivity contribution in [3.63, 3.8) is 0 Å². The number of nitrogens with zero attached hydrogens (tertiary/aromatic N) is 2. The number of benzene rings is 1. The van der Waals surface area contributed by atoms with Crippen molar-refractivity contribution in [3.05, 3.63) is 41.2 Å². The molecule has 0 fully saturated rings. The first-order chi connectivity index (χ1) is 10.0. The van der Waals surface area contributed by atoms with E-state index in [-0.39, 0.29) is 0 Å². The zero-order chi connectivity index (χ0) is 15.4. The largest absolute Gasteiger partial charge is 0.340 e. The first kappa shape index (κ1) is 15.3. The molecule has 2 rings (SSSR count). The molecule has 0 aliphatic rings. The molecule has 1 aromatic carbocycles. The van der Waals surface area contributed by atoms with Crippen LogP contribution in [0.15, 0.2) is 24.3 Å². The summed E-state index contributed by atoms with van der Waals surface area (Å²) in [4.78, 5) is 8.90. The molecule has 4 N–H and O–H groups in total. The molecule has 0 bridgehead atoms. The molecule has 0 atom stereocenters. The predicted octanol–water partition coefficient (Wildman–Crippen LogP) is 3.50. The molecule has 0 saturated carbocycles. The summed E-state index contributed by atoms with van der Waals surface area (Å²) in [6.45, 7) is 8.33. The predicted molar refractivity (Wildman–Crippen MR) is 87.8 cm³/mol. The lowest BCUT2D eigenvalue weighted by molar-refractivity contribution is 0.867. The Labute approximate surface area is 126 Å². The van der Waals surface area contributed by atoms with Gasteiger partial charge in [0.25, 0.3) is 0 Å². The van der Waals surface area contributed by atoms with Gasteiger partial charge in [-0.3, -0.25) is 0 Å². The number of nitrogens with one attached hydrogen (secondary N) is 2. The molecule has 0 spiro atoms. The summed E-state index contributed by atoms with van der Waals surface area (Å²) < 4.78 is 0. The highest BCUT2D eigenvalue weighted by Gasteiger charge is 2.10. The second-order valence-corrected chi connectivity index (χ2v) is 5.36. The zero-order valence-electron chi connectivity index (χ0n) is 13.1. The van der Waals surface area contributed by atoms with Crippen molar-refractivity contribution in [1.82, 2.24) is 9.97 Å². The maximum atomic E-state index is 5.52. The van der Waals surface area contributed by atoms with Crippen molar-refractivity contribution in [2.45, 2.75) is 40.0 Å². The third-order valence-corrected chi connectivity index (χ3v) is 3.49. The van der Waals surface area contributed by atoms with E-state index in [0.29, 0.717) is 11.7 Å². The molecule has 2 aromatic rings. The molecular formula is C16H23N5. The summed E-state index contributed by atoms with van der Waals surface area (Å²) in [5.41, 5.74) is 5.86. The highest BCUT2D eigenvalue weighted by Crippen LogP contribution is 2.24. The normalized spacial score (nSPS) is 10.8. The van der Waals surface area contributed by atoms with Crippen LogP contribution in [0.3, 0.4) is 0 Å². The molecular weight excluding hydrogens is 262 g/mol. The Morgan fingerprint density at radius 3 is 2.24 bits per heavy atom. The lowest BCUT2D eigenvalue weighted by atomic mass is 10.0. The first-order valence-corrected chi connectivity index (χ1v) is 7.26. The third kappa shape index (κ3) is 3.49. The standard InChI is InChI=1S/C16H23N5/c1-5-14-19-15(11(4)16(20-14)21-17)18-13-8-6-12(7-9-13)10(2)3/h6-10H,5,17H2,1-4H3,(H2,18,19,20,21). The van der Waals surface area contributed by atoms with Gasteiger partial charge in [0, 0.05) is 17.7 Å². The first-order valence-electron chi connectivity index (χ1n) is 7.26. The van der Waals surface area contributed by atoms with E-state index < -0.39 is 0 Å². The molecule has 0 aliphatic carbocycles. The summed E-state index contributed by atoms with van der Waals surface area (Å²) in [5, 5.41) is 3.34. The van der Waals surface area contributed by atoms with Gasteiger partial charge in [-0.2, -0.15) is 0 Å². The Bertz CT molecular complexity index is 605. The van der Waals surface area contributed by atoms with Crippen molar-refractivity contribution >= 4 is 17.3 Å². The van der Waals surface area contributed by atoms with Gasteiger partial charge in [0.15, 0.2) is 0 Å². The van der Waals surface area contributed by atoms with E-state index in [0.717, 1.165) is 29.3 Å². The number of aryl methyl sites for hydroxylation is 1. The van der Waals surface area contributed by atoms with E-state index in [4.69, 9.17) is 5.84 Å². The lowest BCUT2D eigenvalue weighted by Crippen LogP contribution is -2.13.